The van der Waals surface area contributed by atoms with E-state index in [-0.39, 0.29) is 18.0 Å². The molecule has 0 spiro atoms. The van der Waals surface area contributed by atoms with Gasteiger partial charge in [0.05, 0.1) is 11.6 Å². The van der Waals surface area contributed by atoms with Crippen molar-refractivity contribution in [2.75, 3.05) is 5.32 Å². The maximum atomic E-state index is 12.2. The average Bonchev–Trinajstić information content (AvgIpc) is 2.74. The highest BCUT2D eigenvalue weighted by atomic mass is 16.1. The fourth-order valence-corrected chi connectivity index (χ4v) is 3.01. The molecule has 0 aliphatic carbocycles. The standard InChI is InChI=1S/C23H22N4O/c1-16(26-17(2)21-5-3-4-18(14-21)15-24)19-6-8-22(9-7-19)27-23(28)20-10-12-25-13-11-20/h3-14,16-17,26H,1-2H3,(H,27,28). The van der Waals surface area contributed by atoms with Crippen molar-refractivity contribution in [3.63, 3.8) is 0 Å². The van der Waals surface area contributed by atoms with Gasteiger partial charge >= 0.3 is 0 Å². The quantitative estimate of drug-likeness (QED) is 0.664. The van der Waals surface area contributed by atoms with Crippen molar-refractivity contribution < 1.29 is 4.79 Å². The molecule has 28 heavy (non-hydrogen) atoms. The van der Waals surface area contributed by atoms with Crippen LogP contribution in [-0.4, -0.2) is 10.9 Å². The molecular formula is C23H22N4O. The number of hydrogen-bond donors (Lipinski definition) is 2. The Hall–Kier alpha value is -3.49. The average molecular weight is 370 g/mol. The number of hydrogen-bond acceptors (Lipinski definition) is 4. The summed E-state index contributed by atoms with van der Waals surface area (Å²) >= 11 is 0. The van der Waals surface area contributed by atoms with Crippen LogP contribution >= 0.6 is 0 Å². The molecule has 0 saturated heterocycles. The summed E-state index contributed by atoms with van der Waals surface area (Å²) in [7, 11) is 0. The van der Waals surface area contributed by atoms with Gasteiger partial charge in [-0.1, -0.05) is 24.3 Å². The second kappa shape index (κ2) is 8.94. The van der Waals surface area contributed by atoms with Crippen molar-refractivity contribution in [2.45, 2.75) is 25.9 Å². The van der Waals surface area contributed by atoms with Crippen LogP contribution in [0.5, 0.6) is 0 Å². The first-order valence-corrected chi connectivity index (χ1v) is 9.14. The van der Waals surface area contributed by atoms with Crippen molar-refractivity contribution in [3.8, 4) is 6.07 Å². The van der Waals surface area contributed by atoms with Crippen LogP contribution in [0, 0.1) is 11.3 Å². The normalized spacial score (nSPS) is 12.6. The molecule has 2 N–H and O–H groups in total. The summed E-state index contributed by atoms with van der Waals surface area (Å²) in [6.07, 6.45) is 3.19. The zero-order chi connectivity index (χ0) is 19.9. The third kappa shape index (κ3) is 4.81. The van der Waals surface area contributed by atoms with Crippen molar-refractivity contribution in [2.24, 2.45) is 0 Å². The zero-order valence-corrected chi connectivity index (χ0v) is 15.9. The van der Waals surface area contributed by atoms with Crippen LogP contribution in [0.15, 0.2) is 73.1 Å². The van der Waals surface area contributed by atoms with Crippen LogP contribution in [0.2, 0.25) is 0 Å². The fraction of sp³-hybridized carbons (Fsp3) is 0.174. The van der Waals surface area contributed by atoms with Gasteiger partial charge in [-0.15, -0.1) is 0 Å². The third-order valence-electron chi connectivity index (χ3n) is 4.63. The number of nitrogens with zero attached hydrogens (tertiary/aromatic N) is 2. The molecule has 0 saturated carbocycles. The van der Waals surface area contributed by atoms with E-state index in [0.717, 1.165) is 16.8 Å². The summed E-state index contributed by atoms with van der Waals surface area (Å²) in [5, 5.41) is 15.5. The van der Waals surface area contributed by atoms with Crippen molar-refractivity contribution in [3.05, 3.63) is 95.3 Å². The van der Waals surface area contributed by atoms with Gasteiger partial charge in [0.2, 0.25) is 0 Å². The predicted molar refractivity (Wildman–Crippen MR) is 110 cm³/mol. The number of anilines is 1. The Morgan fingerprint density at radius 1 is 0.964 bits per heavy atom. The molecule has 0 bridgehead atoms. The highest BCUT2D eigenvalue weighted by Gasteiger charge is 2.12. The monoisotopic (exact) mass is 370 g/mol. The molecule has 3 rings (SSSR count). The molecule has 5 heteroatoms. The second-order valence-corrected chi connectivity index (χ2v) is 6.66. The van der Waals surface area contributed by atoms with Gasteiger partial charge in [-0.25, -0.2) is 0 Å². The van der Waals surface area contributed by atoms with E-state index in [1.165, 1.54) is 0 Å². The fourth-order valence-electron chi connectivity index (χ4n) is 3.01. The van der Waals surface area contributed by atoms with Crippen LogP contribution in [0.25, 0.3) is 0 Å². The lowest BCUT2D eigenvalue weighted by Gasteiger charge is -2.21. The Morgan fingerprint density at radius 3 is 2.32 bits per heavy atom. The lowest BCUT2D eigenvalue weighted by atomic mass is 10.0. The Labute approximate surface area is 165 Å². The van der Waals surface area contributed by atoms with Crippen LogP contribution in [0.1, 0.15) is 53.0 Å². The summed E-state index contributed by atoms with van der Waals surface area (Å²) in [6.45, 7) is 4.17. The molecule has 0 aliphatic heterocycles. The Bertz CT molecular complexity index is 977. The third-order valence-corrected chi connectivity index (χ3v) is 4.63. The van der Waals surface area contributed by atoms with Crippen LogP contribution in [0.4, 0.5) is 5.69 Å². The molecule has 0 fully saturated rings. The van der Waals surface area contributed by atoms with Crippen LogP contribution in [-0.2, 0) is 0 Å². The molecule has 2 atom stereocenters. The smallest absolute Gasteiger partial charge is 0.255 e. The number of amides is 1. The zero-order valence-electron chi connectivity index (χ0n) is 15.9. The molecular weight excluding hydrogens is 348 g/mol. The summed E-state index contributed by atoms with van der Waals surface area (Å²) < 4.78 is 0. The molecule has 1 heterocycles. The highest BCUT2D eigenvalue weighted by Crippen LogP contribution is 2.21. The van der Waals surface area contributed by atoms with Gasteiger partial charge in [-0.2, -0.15) is 5.26 Å². The minimum Gasteiger partial charge on any atom is -0.322 e. The van der Waals surface area contributed by atoms with Gasteiger partial charge in [-0.05, 0) is 61.4 Å². The first-order chi connectivity index (χ1) is 13.6. The molecule has 0 aliphatic rings. The first kappa shape index (κ1) is 19.3. The van der Waals surface area contributed by atoms with Crippen molar-refractivity contribution in [1.82, 2.24) is 10.3 Å². The minimum absolute atomic E-state index is 0.106. The van der Waals surface area contributed by atoms with E-state index in [1.54, 1.807) is 30.6 Å². The molecule has 0 radical (unpaired) electrons. The molecule has 140 valence electrons. The Kier molecular flexibility index (Phi) is 6.15. The molecule has 1 amide bonds. The van der Waals surface area contributed by atoms with Gasteiger partial charge in [-0.3, -0.25) is 9.78 Å². The summed E-state index contributed by atoms with van der Waals surface area (Å²) in [5.41, 5.74) is 4.17. The van der Waals surface area contributed by atoms with E-state index in [2.05, 4.69) is 35.5 Å². The number of nitrogens with one attached hydrogen (secondary N) is 2. The van der Waals surface area contributed by atoms with Crippen molar-refractivity contribution >= 4 is 11.6 Å². The molecule has 2 unspecified atom stereocenters. The lowest BCUT2D eigenvalue weighted by Crippen LogP contribution is -2.22. The maximum absolute atomic E-state index is 12.2. The van der Waals surface area contributed by atoms with E-state index in [0.29, 0.717) is 11.1 Å². The summed E-state index contributed by atoms with van der Waals surface area (Å²) in [6, 6.07) is 21.2. The Balaban J connectivity index is 1.62. The number of nitriles is 1. The number of benzene rings is 2. The predicted octanol–water partition coefficient (Wildman–Crippen LogP) is 4.62. The molecule has 3 aromatic rings. The van der Waals surface area contributed by atoms with E-state index in [9.17, 15) is 4.79 Å². The van der Waals surface area contributed by atoms with E-state index in [1.807, 2.05) is 42.5 Å². The van der Waals surface area contributed by atoms with Crippen LogP contribution in [0.3, 0.4) is 0 Å². The van der Waals surface area contributed by atoms with Gasteiger partial charge in [0.15, 0.2) is 0 Å². The highest BCUT2D eigenvalue weighted by molar-refractivity contribution is 6.04. The largest absolute Gasteiger partial charge is 0.322 e. The van der Waals surface area contributed by atoms with E-state index < -0.39 is 0 Å². The number of aromatic nitrogens is 1. The van der Waals surface area contributed by atoms with Gasteiger partial charge in [0.1, 0.15) is 0 Å². The molecule has 5 nitrogen and oxygen atoms in total. The second-order valence-electron chi connectivity index (χ2n) is 6.66. The number of carbonyl (C=O) groups is 1. The van der Waals surface area contributed by atoms with Gasteiger partial charge < -0.3 is 10.6 Å². The molecule has 1 aromatic heterocycles. The summed E-state index contributed by atoms with van der Waals surface area (Å²) in [5.74, 6) is -0.160. The molecule has 2 aromatic carbocycles. The number of carbonyl (C=O) groups excluding carboxylic acids is 1. The minimum atomic E-state index is -0.160. The number of pyridine rings is 1. The summed E-state index contributed by atoms with van der Waals surface area (Å²) in [4.78, 5) is 16.1. The van der Waals surface area contributed by atoms with E-state index >= 15 is 0 Å². The Morgan fingerprint density at radius 2 is 1.64 bits per heavy atom. The topological polar surface area (TPSA) is 77.8 Å². The van der Waals surface area contributed by atoms with E-state index in [4.69, 9.17) is 5.26 Å². The van der Waals surface area contributed by atoms with Crippen LogP contribution < -0.4 is 10.6 Å². The van der Waals surface area contributed by atoms with Crippen molar-refractivity contribution in [1.29, 1.82) is 5.26 Å². The maximum Gasteiger partial charge on any atom is 0.255 e. The first-order valence-electron chi connectivity index (χ1n) is 9.14. The van der Waals surface area contributed by atoms with Gasteiger partial charge in [0.25, 0.3) is 5.91 Å². The number of rotatable bonds is 6. The SMILES string of the molecule is CC(NC(C)c1cccc(C#N)c1)c1ccc(NC(=O)c2ccncc2)cc1. The lowest BCUT2D eigenvalue weighted by molar-refractivity contribution is 0.102. The van der Waals surface area contributed by atoms with Gasteiger partial charge in [0, 0.05) is 35.7 Å².